The molecule has 1 unspecified atom stereocenters. The van der Waals surface area contributed by atoms with E-state index in [2.05, 4.69) is 20.3 Å². The zero-order chi connectivity index (χ0) is 13.2. The van der Waals surface area contributed by atoms with Gasteiger partial charge in [0, 0.05) is 10.0 Å². The van der Waals surface area contributed by atoms with Gasteiger partial charge in [0.05, 0.1) is 10.5 Å². The van der Waals surface area contributed by atoms with Crippen LogP contribution in [0.5, 0.6) is 5.75 Å². The van der Waals surface area contributed by atoms with Crippen LogP contribution < -0.4 is 0 Å². The molecule has 0 heterocycles. The van der Waals surface area contributed by atoms with Crippen LogP contribution in [-0.4, -0.2) is 19.8 Å². The Morgan fingerprint density at radius 2 is 2.00 bits per heavy atom. The van der Waals surface area contributed by atoms with E-state index in [0.717, 1.165) is 4.47 Å². The molecule has 5 heteroatoms. The van der Waals surface area contributed by atoms with Gasteiger partial charge in [0.15, 0.2) is 0 Å². The molecule has 0 aliphatic carbocycles. The molecule has 0 aliphatic heterocycles. The minimum atomic E-state index is -1.32. The molecule has 17 heavy (non-hydrogen) atoms. The molecule has 0 fully saturated rings. The average Bonchev–Trinajstić information content (AvgIpc) is 2.15. The predicted octanol–water partition coefficient (Wildman–Crippen LogP) is 3.43. The van der Waals surface area contributed by atoms with Crippen molar-refractivity contribution in [2.45, 2.75) is 32.4 Å². The Kier molecular flexibility index (Phi) is 4.49. The maximum atomic E-state index is 11.9. The second-order valence-corrected chi connectivity index (χ2v) is 7.52. The molecular formula is C12H16BrNO2S. The van der Waals surface area contributed by atoms with Gasteiger partial charge in [-0.2, -0.15) is 4.40 Å². The van der Waals surface area contributed by atoms with Crippen LogP contribution in [0.15, 0.2) is 27.1 Å². The molecular weight excluding hydrogens is 302 g/mol. The van der Waals surface area contributed by atoms with Crippen molar-refractivity contribution in [1.82, 2.24) is 0 Å². The van der Waals surface area contributed by atoms with E-state index in [0.29, 0.717) is 11.3 Å². The lowest BCUT2D eigenvalue weighted by molar-refractivity contribution is 0.474. The molecule has 1 aromatic rings. The summed E-state index contributed by atoms with van der Waals surface area (Å²) in [6, 6.07) is 5.15. The molecule has 0 amide bonds. The van der Waals surface area contributed by atoms with Gasteiger partial charge in [-0.25, -0.2) is 4.21 Å². The van der Waals surface area contributed by atoms with Crippen LogP contribution in [0, 0.1) is 0 Å². The highest BCUT2D eigenvalue weighted by Gasteiger charge is 2.19. The quantitative estimate of drug-likeness (QED) is 0.849. The molecule has 0 spiro atoms. The van der Waals surface area contributed by atoms with Gasteiger partial charge in [-0.1, -0.05) is 15.9 Å². The molecule has 0 bridgehead atoms. The van der Waals surface area contributed by atoms with E-state index in [-0.39, 0.29) is 5.75 Å². The molecule has 1 rings (SSSR count). The number of nitrogens with zero attached hydrogens (tertiary/aromatic N) is 1. The zero-order valence-corrected chi connectivity index (χ0v) is 12.7. The number of hydrogen-bond acceptors (Lipinski definition) is 2. The number of benzene rings is 1. The van der Waals surface area contributed by atoms with Crippen molar-refractivity contribution in [3.8, 4) is 5.75 Å². The minimum absolute atomic E-state index is 0.131. The highest BCUT2D eigenvalue weighted by Crippen LogP contribution is 2.24. The fourth-order valence-corrected chi connectivity index (χ4v) is 2.09. The van der Waals surface area contributed by atoms with E-state index in [1.807, 2.05) is 26.8 Å². The summed E-state index contributed by atoms with van der Waals surface area (Å²) in [6.45, 7) is 7.33. The van der Waals surface area contributed by atoms with E-state index in [1.165, 1.54) is 0 Å². The summed E-state index contributed by atoms with van der Waals surface area (Å²) in [5, 5.41) is 9.77. The van der Waals surface area contributed by atoms with Crippen LogP contribution >= 0.6 is 15.9 Å². The summed E-state index contributed by atoms with van der Waals surface area (Å²) in [7, 11) is -1.32. The Morgan fingerprint density at radius 1 is 1.41 bits per heavy atom. The minimum Gasteiger partial charge on any atom is -0.507 e. The van der Waals surface area contributed by atoms with Crippen molar-refractivity contribution in [3.63, 3.8) is 0 Å². The highest BCUT2D eigenvalue weighted by molar-refractivity contribution is 9.10. The third-order valence-corrected chi connectivity index (χ3v) is 4.07. The van der Waals surface area contributed by atoms with Crippen LogP contribution in [0.25, 0.3) is 0 Å². The standard InChI is InChI=1S/C12H16BrNO2S/c1-8(14-17(16)12(2,3)4)10-6-5-9(13)7-11(10)15/h5-7,15H,1-4H3. The fraction of sp³-hybridized carbons (Fsp3) is 0.417. The van der Waals surface area contributed by atoms with Gasteiger partial charge in [-0.15, -0.1) is 0 Å². The summed E-state index contributed by atoms with van der Waals surface area (Å²) in [5.41, 5.74) is 1.18. The van der Waals surface area contributed by atoms with Gasteiger partial charge in [0.2, 0.25) is 0 Å². The normalized spacial score (nSPS) is 14.8. The Labute approximate surface area is 113 Å². The lowest BCUT2D eigenvalue weighted by Gasteiger charge is -2.14. The van der Waals surface area contributed by atoms with Crippen LogP contribution in [0.4, 0.5) is 0 Å². The number of hydrogen-bond donors (Lipinski definition) is 1. The number of phenols is 1. The maximum Gasteiger partial charge on any atom is 0.145 e. The molecule has 94 valence electrons. The van der Waals surface area contributed by atoms with Crippen LogP contribution in [0.2, 0.25) is 0 Å². The molecule has 0 saturated carbocycles. The maximum absolute atomic E-state index is 11.9. The van der Waals surface area contributed by atoms with Crippen molar-refractivity contribution < 1.29 is 9.32 Å². The molecule has 1 aromatic carbocycles. The van der Waals surface area contributed by atoms with Gasteiger partial charge in [-0.3, -0.25) is 0 Å². The fourth-order valence-electron chi connectivity index (χ4n) is 1.12. The van der Waals surface area contributed by atoms with E-state index >= 15 is 0 Å². The Balaban J connectivity index is 3.09. The van der Waals surface area contributed by atoms with Crippen molar-refractivity contribution >= 4 is 32.6 Å². The first-order chi connectivity index (χ1) is 7.71. The van der Waals surface area contributed by atoms with E-state index < -0.39 is 15.7 Å². The van der Waals surface area contributed by atoms with Gasteiger partial charge in [-0.05, 0) is 45.9 Å². The van der Waals surface area contributed by atoms with Crippen molar-refractivity contribution in [2.75, 3.05) is 0 Å². The summed E-state index contributed by atoms with van der Waals surface area (Å²) < 4.78 is 16.4. The molecule has 0 aliphatic rings. The van der Waals surface area contributed by atoms with Crippen molar-refractivity contribution in [3.05, 3.63) is 28.2 Å². The van der Waals surface area contributed by atoms with E-state index in [9.17, 15) is 9.32 Å². The second kappa shape index (κ2) is 5.31. The average molecular weight is 318 g/mol. The first-order valence-corrected chi connectivity index (χ1v) is 7.08. The lowest BCUT2D eigenvalue weighted by Crippen LogP contribution is -2.20. The number of rotatable bonds is 2. The third-order valence-electron chi connectivity index (χ3n) is 2.09. The van der Waals surface area contributed by atoms with E-state index in [1.54, 1.807) is 19.1 Å². The third kappa shape index (κ3) is 3.92. The lowest BCUT2D eigenvalue weighted by atomic mass is 10.1. The first kappa shape index (κ1) is 14.4. The topological polar surface area (TPSA) is 49.7 Å². The molecule has 0 aromatic heterocycles. The molecule has 0 radical (unpaired) electrons. The smallest absolute Gasteiger partial charge is 0.145 e. The van der Waals surface area contributed by atoms with E-state index in [4.69, 9.17) is 0 Å². The number of aromatic hydroxyl groups is 1. The molecule has 3 nitrogen and oxygen atoms in total. The Morgan fingerprint density at radius 3 is 2.47 bits per heavy atom. The largest absolute Gasteiger partial charge is 0.507 e. The van der Waals surface area contributed by atoms with Gasteiger partial charge < -0.3 is 5.11 Å². The van der Waals surface area contributed by atoms with Crippen LogP contribution in [-0.2, 0) is 11.0 Å². The van der Waals surface area contributed by atoms with Gasteiger partial charge >= 0.3 is 0 Å². The first-order valence-electron chi connectivity index (χ1n) is 5.18. The molecule has 0 saturated heterocycles. The number of phenolic OH excluding ortho intramolecular Hbond substituents is 1. The summed E-state index contributed by atoms with van der Waals surface area (Å²) >= 11 is 3.27. The monoisotopic (exact) mass is 317 g/mol. The predicted molar refractivity (Wildman–Crippen MR) is 75.9 cm³/mol. The van der Waals surface area contributed by atoms with Gasteiger partial charge in [0.25, 0.3) is 0 Å². The molecule has 1 atom stereocenters. The van der Waals surface area contributed by atoms with Crippen LogP contribution in [0.3, 0.4) is 0 Å². The van der Waals surface area contributed by atoms with Gasteiger partial charge in [0.1, 0.15) is 16.7 Å². The summed E-state index contributed by atoms with van der Waals surface area (Å²) in [5.74, 6) is 0.131. The second-order valence-electron chi connectivity index (χ2n) is 4.70. The molecule has 1 N–H and O–H groups in total. The highest BCUT2D eigenvalue weighted by atomic mass is 79.9. The summed E-state index contributed by atoms with van der Waals surface area (Å²) in [4.78, 5) is 0. The van der Waals surface area contributed by atoms with Crippen molar-refractivity contribution in [1.29, 1.82) is 0 Å². The Hall–Kier alpha value is -0.680. The SMILES string of the molecule is CC(=NS(=O)C(C)(C)C)c1ccc(Br)cc1O. The van der Waals surface area contributed by atoms with Crippen LogP contribution in [0.1, 0.15) is 33.3 Å². The Bertz CT molecular complexity index is 478. The zero-order valence-electron chi connectivity index (χ0n) is 10.3. The number of halogens is 1. The summed E-state index contributed by atoms with van der Waals surface area (Å²) in [6.07, 6.45) is 0. The van der Waals surface area contributed by atoms with Crippen molar-refractivity contribution in [2.24, 2.45) is 4.40 Å².